The molecule has 1 aliphatic rings. The van der Waals surface area contributed by atoms with E-state index in [0.717, 1.165) is 32.4 Å². The fourth-order valence-corrected chi connectivity index (χ4v) is 3.42. The Morgan fingerprint density at radius 3 is 2.84 bits per heavy atom. The number of piperidine rings is 1. The Kier molecular flexibility index (Phi) is 5.81. The molecule has 0 radical (unpaired) electrons. The second-order valence-electron chi connectivity index (χ2n) is 6.83. The Labute approximate surface area is 147 Å². The van der Waals surface area contributed by atoms with Gasteiger partial charge in [-0.2, -0.15) is 5.10 Å². The van der Waals surface area contributed by atoms with Gasteiger partial charge in [-0.15, -0.1) is 0 Å². The fraction of sp³-hybridized carbons (Fsp3) is 0.474. The Balaban J connectivity index is 1.44. The SMILES string of the molecule is Cn1ccc(NC(=O)CN2CCC[C@H](CCc3ccc(F)cc3)C2)n1. The molecule has 1 aromatic carbocycles. The molecular weight excluding hydrogens is 319 g/mol. The summed E-state index contributed by atoms with van der Waals surface area (Å²) in [5, 5.41) is 7.01. The van der Waals surface area contributed by atoms with Gasteiger partial charge in [-0.25, -0.2) is 4.39 Å². The Morgan fingerprint density at radius 2 is 2.12 bits per heavy atom. The summed E-state index contributed by atoms with van der Waals surface area (Å²) in [6.07, 6.45) is 6.15. The van der Waals surface area contributed by atoms with Gasteiger partial charge >= 0.3 is 0 Å². The van der Waals surface area contributed by atoms with Crippen molar-refractivity contribution >= 4 is 11.7 Å². The predicted molar refractivity (Wildman–Crippen MR) is 95.7 cm³/mol. The number of likely N-dealkylation sites (tertiary alicyclic amines) is 1. The normalized spacial score (nSPS) is 18.2. The summed E-state index contributed by atoms with van der Waals surface area (Å²) in [5.74, 6) is 0.975. The van der Waals surface area contributed by atoms with E-state index < -0.39 is 0 Å². The summed E-state index contributed by atoms with van der Waals surface area (Å²) >= 11 is 0. The molecule has 2 heterocycles. The maximum Gasteiger partial charge on any atom is 0.239 e. The molecule has 25 heavy (non-hydrogen) atoms. The van der Waals surface area contributed by atoms with E-state index in [1.54, 1.807) is 10.7 Å². The van der Waals surface area contributed by atoms with Crippen molar-refractivity contribution in [3.63, 3.8) is 0 Å². The largest absolute Gasteiger partial charge is 0.308 e. The van der Waals surface area contributed by atoms with Crippen molar-refractivity contribution < 1.29 is 9.18 Å². The van der Waals surface area contributed by atoms with Crippen LogP contribution in [-0.2, 0) is 18.3 Å². The molecule has 3 rings (SSSR count). The second-order valence-corrected chi connectivity index (χ2v) is 6.83. The van der Waals surface area contributed by atoms with E-state index in [9.17, 15) is 9.18 Å². The lowest BCUT2D eigenvalue weighted by Gasteiger charge is -2.32. The molecular formula is C19H25FN4O. The second kappa shape index (κ2) is 8.25. The summed E-state index contributed by atoms with van der Waals surface area (Å²) < 4.78 is 14.6. The van der Waals surface area contributed by atoms with Crippen LogP contribution in [0.5, 0.6) is 0 Å². The van der Waals surface area contributed by atoms with E-state index in [1.807, 2.05) is 25.4 Å². The van der Waals surface area contributed by atoms with Gasteiger partial charge in [0.15, 0.2) is 5.82 Å². The molecule has 0 unspecified atom stereocenters. The van der Waals surface area contributed by atoms with Crippen molar-refractivity contribution in [2.75, 3.05) is 25.0 Å². The number of nitrogens with one attached hydrogen (secondary N) is 1. The monoisotopic (exact) mass is 344 g/mol. The first-order chi connectivity index (χ1) is 12.1. The van der Waals surface area contributed by atoms with Crippen molar-refractivity contribution in [3.8, 4) is 0 Å². The third-order valence-corrected chi connectivity index (χ3v) is 4.71. The van der Waals surface area contributed by atoms with Gasteiger partial charge in [0, 0.05) is 25.9 Å². The molecule has 0 aliphatic carbocycles. The summed E-state index contributed by atoms with van der Waals surface area (Å²) in [5.41, 5.74) is 1.17. The minimum Gasteiger partial charge on any atom is -0.308 e. The highest BCUT2D eigenvalue weighted by Gasteiger charge is 2.21. The van der Waals surface area contributed by atoms with Gasteiger partial charge in [0.05, 0.1) is 6.54 Å². The average Bonchev–Trinajstić information content (AvgIpc) is 2.99. The zero-order valence-electron chi connectivity index (χ0n) is 14.6. The molecule has 1 atom stereocenters. The van der Waals surface area contributed by atoms with Crippen LogP contribution < -0.4 is 5.32 Å². The van der Waals surface area contributed by atoms with Crippen molar-refractivity contribution in [2.45, 2.75) is 25.7 Å². The van der Waals surface area contributed by atoms with Gasteiger partial charge in [-0.1, -0.05) is 12.1 Å². The third kappa shape index (κ3) is 5.39. The van der Waals surface area contributed by atoms with Gasteiger partial charge in [0.2, 0.25) is 5.91 Å². The molecule has 5 nitrogen and oxygen atoms in total. The number of benzene rings is 1. The average molecular weight is 344 g/mol. The predicted octanol–water partition coefficient (Wildman–Crippen LogP) is 2.84. The highest BCUT2D eigenvalue weighted by molar-refractivity contribution is 5.91. The van der Waals surface area contributed by atoms with E-state index in [0.29, 0.717) is 18.3 Å². The van der Waals surface area contributed by atoms with Gasteiger partial charge < -0.3 is 5.32 Å². The molecule has 0 saturated carbocycles. The van der Waals surface area contributed by atoms with Crippen molar-refractivity contribution in [3.05, 3.63) is 47.9 Å². The number of rotatable bonds is 6. The van der Waals surface area contributed by atoms with Crippen LogP contribution in [0.2, 0.25) is 0 Å². The molecule has 6 heteroatoms. The van der Waals surface area contributed by atoms with E-state index in [-0.39, 0.29) is 11.7 Å². The number of nitrogens with zero attached hydrogens (tertiary/aromatic N) is 3. The summed E-state index contributed by atoms with van der Waals surface area (Å²) in [6, 6.07) is 8.54. The lowest BCUT2D eigenvalue weighted by Crippen LogP contribution is -2.40. The molecule has 1 N–H and O–H groups in total. The maximum absolute atomic E-state index is 13.0. The van der Waals surface area contributed by atoms with Crippen LogP contribution in [0.3, 0.4) is 0 Å². The first-order valence-corrected chi connectivity index (χ1v) is 8.85. The Morgan fingerprint density at radius 1 is 1.32 bits per heavy atom. The fourth-order valence-electron chi connectivity index (χ4n) is 3.42. The number of amides is 1. The molecule has 2 aromatic rings. The number of aromatic nitrogens is 2. The molecule has 134 valence electrons. The summed E-state index contributed by atoms with van der Waals surface area (Å²) in [7, 11) is 1.83. The van der Waals surface area contributed by atoms with E-state index in [4.69, 9.17) is 0 Å². The number of halogens is 1. The van der Waals surface area contributed by atoms with E-state index >= 15 is 0 Å². The number of hydrogen-bond acceptors (Lipinski definition) is 3. The quantitative estimate of drug-likeness (QED) is 0.877. The molecule has 1 amide bonds. The number of carbonyl (C=O) groups excluding carboxylic acids is 1. The zero-order chi connectivity index (χ0) is 17.6. The number of aryl methyl sites for hydroxylation is 2. The lowest BCUT2D eigenvalue weighted by atomic mass is 9.91. The van der Waals surface area contributed by atoms with Gasteiger partial charge in [-0.05, 0) is 55.8 Å². The number of carbonyl (C=O) groups is 1. The minimum absolute atomic E-state index is 0.0158. The highest BCUT2D eigenvalue weighted by atomic mass is 19.1. The van der Waals surface area contributed by atoms with Crippen LogP contribution in [0.25, 0.3) is 0 Å². The molecule has 1 aliphatic heterocycles. The number of anilines is 1. The van der Waals surface area contributed by atoms with Crippen molar-refractivity contribution in [2.24, 2.45) is 13.0 Å². The van der Waals surface area contributed by atoms with Crippen LogP contribution in [0.4, 0.5) is 10.2 Å². The molecule has 1 aromatic heterocycles. The van der Waals surface area contributed by atoms with Crippen LogP contribution in [0, 0.1) is 11.7 Å². The smallest absolute Gasteiger partial charge is 0.239 e. The van der Waals surface area contributed by atoms with E-state index in [2.05, 4.69) is 15.3 Å². The van der Waals surface area contributed by atoms with Gasteiger partial charge in [0.25, 0.3) is 0 Å². The molecule has 0 bridgehead atoms. The highest BCUT2D eigenvalue weighted by Crippen LogP contribution is 2.21. The van der Waals surface area contributed by atoms with Gasteiger partial charge in [-0.3, -0.25) is 14.4 Å². The van der Waals surface area contributed by atoms with Crippen molar-refractivity contribution in [1.29, 1.82) is 0 Å². The topological polar surface area (TPSA) is 50.2 Å². The first kappa shape index (κ1) is 17.6. The molecule has 1 saturated heterocycles. The maximum atomic E-state index is 13.0. The third-order valence-electron chi connectivity index (χ3n) is 4.71. The van der Waals surface area contributed by atoms with E-state index in [1.165, 1.54) is 24.1 Å². The summed E-state index contributed by atoms with van der Waals surface area (Å²) in [4.78, 5) is 14.4. The van der Waals surface area contributed by atoms with Gasteiger partial charge in [0.1, 0.15) is 5.82 Å². The van der Waals surface area contributed by atoms with Crippen LogP contribution in [0.1, 0.15) is 24.8 Å². The molecule has 1 fully saturated rings. The van der Waals surface area contributed by atoms with Crippen LogP contribution in [0.15, 0.2) is 36.5 Å². The van der Waals surface area contributed by atoms with Crippen molar-refractivity contribution in [1.82, 2.24) is 14.7 Å². The molecule has 0 spiro atoms. The van der Waals surface area contributed by atoms with Crippen LogP contribution in [-0.4, -0.2) is 40.2 Å². The summed E-state index contributed by atoms with van der Waals surface area (Å²) in [6.45, 7) is 2.31. The standard InChI is InChI=1S/C19H25FN4O/c1-23-12-10-18(22-23)21-19(25)14-24-11-2-3-16(13-24)5-4-15-6-8-17(20)9-7-15/h6-10,12,16H,2-5,11,13-14H2,1H3,(H,21,22,25)/t16-/m1/s1. The Bertz CT molecular complexity index is 698. The first-order valence-electron chi connectivity index (χ1n) is 8.85. The minimum atomic E-state index is -0.188. The van der Waals surface area contributed by atoms with Crippen LogP contribution >= 0.6 is 0 Å². The lowest BCUT2D eigenvalue weighted by molar-refractivity contribution is -0.117. The Hall–Kier alpha value is -2.21. The number of hydrogen-bond donors (Lipinski definition) is 1. The zero-order valence-corrected chi connectivity index (χ0v) is 14.6.